The molecule has 7 heteroatoms. The van der Waals surface area contributed by atoms with Crippen LogP contribution < -0.4 is 5.32 Å². The summed E-state index contributed by atoms with van der Waals surface area (Å²) in [5.41, 5.74) is 0.908. The number of nitrogens with zero attached hydrogens (tertiary/aromatic N) is 1. The van der Waals surface area contributed by atoms with Gasteiger partial charge in [0, 0.05) is 37.7 Å². The van der Waals surface area contributed by atoms with E-state index in [2.05, 4.69) is 26.1 Å². The fraction of sp³-hybridized carbons (Fsp3) is 0.720. The minimum Gasteiger partial charge on any atom is -0.381 e. The fourth-order valence-corrected chi connectivity index (χ4v) is 4.97. The van der Waals surface area contributed by atoms with Crippen molar-refractivity contribution in [2.24, 2.45) is 11.8 Å². The molecule has 1 N–H and O–H groups in total. The molecule has 0 bridgehead atoms. The number of carbonyl (C=O) groups excluding carboxylic acids is 1. The number of carbonyl (C=O) groups is 1. The zero-order chi connectivity index (χ0) is 23.3. The molecule has 0 aromatic heterocycles. The van der Waals surface area contributed by atoms with Crippen LogP contribution in [-0.2, 0) is 28.7 Å². The Bertz CT molecular complexity index is 768. The maximum atomic E-state index is 13.1. The largest absolute Gasteiger partial charge is 0.416 e. The summed E-state index contributed by atoms with van der Waals surface area (Å²) in [6.07, 6.45) is 1.15. The monoisotopic (exact) mass is 454 g/mol. The third-order valence-electron chi connectivity index (χ3n) is 6.73. The highest BCUT2D eigenvalue weighted by molar-refractivity contribution is 5.79. The van der Waals surface area contributed by atoms with Crippen molar-refractivity contribution < 1.29 is 22.7 Å². The first-order valence-corrected chi connectivity index (χ1v) is 12.0. The van der Waals surface area contributed by atoms with Gasteiger partial charge in [0.2, 0.25) is 5.91 Å². The summed E-state index contributed by atoms with van der Waals surface area (Å²) < 4.78 is 44.6. The highest BCUT2D eigenvalue weighted by atomic mass is 19.4. The van der Waals surface area contributed by atoms with Crippen LogP contribution in [0, 0.1) is 11.8 Å². The number of rotatable bonds is 3. The molecule has 1 unspecified atom stereocenters. The third-order valence-corrected chi connectivity index (χ3v) is 6.73. The van der Waals surface area contributed by atoms with Gasteiger partial charge in [0.25, 0.3) is 0 Å². The molecule has 32 heavy (non-hydrogen) atoms. The second kappa shape index (κ2) is 11.0. The van der Waals surface area contributed by atoms with Crippen molar-refractivity contribution >= 4 is 5.91 Å². The van der Waals surface area contributed by atoms with E-state index >= 15 is 0 Å². The highest BCUT2D eigenvalue weighted by Gasteiger charge is 2.36. The third kappa shape index (κ3) is 6.25. The van der Waals surface area contributed by atoms with Crippen molar-refractivity contribution in [1.29, 1.82) is 0 Å². The van der Waals surface area contributed by atoms with E-state index in [4.69, 9.17) is 4.74 Å². The summed E-state index contributed by atoms with van der Waals surface area (Å²) in [6, 6.07) is 4.68. The second-order valence-electron chi connectivity index (χ2n) is 9.52. The topological polar surface area (TPSA) is 41.6 Å². The standard InChI is InChI=1S/C22H29F3N2O2.C3H8/c1-14-13-29-9-7-20(14)26-19-5-3-16(11-19)21(28)27-8-6-15-2-4-18(22(23,24)25)10-17(15)12-27;1-3-2/h2,4,10,14,16,19-20,26H,3,5-9,11-13H2,1H3;3H2,1-2H3/t14-,16?,19-,20+;/m1./s1. The van der Waals surface area contributed by atoms with E-state index in [1.165, 1.54) is 12.5 Å². The first kappa shape index (κ1) is 25.0. The van der Waals surface area contributed by atoms with Crippen molar-refractivity contribution in [1.82, 2.24) is 10.2 Å². The van der Waals surface area contributed by atoms with Gasteiger partial charge in [0.05, 0.1) is 12.2 Å². The molecule has 4 nitrogen and oxygen atoms in total. The number of amides is 1. The number of ether oxygens (including phenoxy) is 1. The number of hydrogen-bond donors (Lipinski definition) is 1. The van der Waals surface area contributed by atoms with E-state index in [0.29, 0.717) is 36.5 Å². The lowest BCUT2D eigenvalue weighted by Gasteiger charge is -2.33. The predicted molar refractivity (Wildman–Crippen MR) is 119 cm³/mol. The molecule has 1 saturated heterocycles. The Balaban J connectivity index is 0.000000913. The second-order valence-corrected chi connectivity index (χ2v) is 9.52. The van der Waals surface area contributed by atoms with Crippen LogP contribution in [0.3, 0.4) is 0 Å². The quantitative estimate of drug-likeness (QED) is 0.684. The van der Waals surface area contributed by atoms with Crippen LogP contribution in [0.2, 0.25) is 0 Å². The minimum absolute atomic E-state index is 0.0324. The molecule has 3 aliphatic rings. The van der Waals surface area contributed by atoms with E-state index in [0.717, 1.165) is 50.5 Å². The number of alkyl halides is 3. The summed E-state index contributed by atoms with van der Waals surface area (Å²) >= 11 is 0. The maximum absolute atomic E-state index is 13.1. The smallest absolute Gasteiger partial charge is 0.381 e. The Hall–Kier alpha value is -1.60. The van der Waals surface area contributed by atoms with Crippen LogP contribution >= 0.6 is 0 Å². The summed E-state index contributed by atoms with van der Waals surface area (Å²) in [6.45, 7) is 8.87. The first-order chi connectivity index (χ1) is 15.2. The lowest BCUT2D eigenvalue weighted by molar-refractivity contribution is -0.137. The fourth-order valence-electron chi connectivity index (χ4n) is 4.97. The Kier molecular flexibility index (Phi) is 8.62. The maximum Gasteiger partial charge on any atom is 0.416 e. The molecule has 1 amide bonds. The van der Waals surface area contributed by atoms with Crippen LogP contribution in [0.4, 0.5) is 13.2 Å². The summed E-state index contributed by atoms with van der Waals surface area (Å²) in [5.74, 6) is 0.535. The van der Waals surface area contributed by atoms with Crippen LogP contribution in [-0.4, -0.2) is 42.6 Å². The molecule has 2 fully saturated rings. The molecule has 0 radical (unpaired) electrons. The van der Waals surface area contributed by atoms with Crippen LogP contribution in [0.25, 0.3) is 0 Å². The molecular formula is C25H37F3N2O2. The summed E-state index contributed by atoms with van der Waals surface area (Å²) in [4.78, 5) is 14.8. The molecule has 2 aliphatic heterocycles. The lowest BCUT2D eigenvalue weighted by Crippen LogP contribution is -2.46. The van der Waals surface area contributed by atoms with Gasteiger partial charge < -0.3 is 15.0 Å². The van der Waals surface area contributed by atoms with Crippen LogP contribution in [0.5, 0.6) is 0 Å². The van der Waals surface area contributed by atoms with Gasteiger partial charge in [-0.15, -0.1) is 0 Å². The SMILES string of the molecule is CCC.C[C@@H]1COCC[C@@H]1N[C@@H]1CCC(C(=O)N2CCc3ccc(C(F)(F)F)cc3C2)C1. The first-order valence-electron chi connectivity index (χ1n) is 12.0. The number of benzene rings is 1. The van der Waals surface area contributed by atoms with Crippen molar-refractivity contribution in [3.63, 3.8) is 0 Å². The van der Waals surface area contributed by atoms with Gasteiger partial charge in [0.1, 0.15) is 0 Å². The molecule has 4 atom stereocenters. The highest BCUT2D eigenvalue weighted by Crippen LogP contribution is 2.34. The van der Waals surface area contributed by atoms with Gasteiger partial charge in [-0.1, -0.05) is 33.3 Å². The Morgan fingerprint density at radius 1 is 1.19 bits per heavy atom. The molecule has 180 valence electrons. The normalized spacial score (nSPS) is 28.0. The van der Waals surface area contributed by atoms with E-state index < -0.39 is 11.7 Å². The minimum atomic E-state index is -4.35. The molecule has 2 heterocycles. The van der Waals surface area contributed by atoms with Crippen LogP contribution in [0.15, 0.2) is 18.2 Å². The van der Waals surface area contributed by atoms with Crippen molar-refractivity contribution in [2.75, 3.05) is 19.8 Å². The Morgan fingerprint density at radius 2 is 1.94 bits per heavy atom. The molecule has 1 aromatic carbocycles. The van der Waals surface area contributed by atoms with Crippen molar-refractivity contribution in [3.8, 4) is 0 Å². The molecule has 1 aromatic rings. The summed E-state index contributed by atoms with van der Waals surface area (Å²) in [5, 5.41) is 3.72. The number of fused-ring (bicyclic) bond motifs is 1. The van der Waals surface area contributed by atoms with Gasteiger partial charge in [-0.2, -0.15) is 13.2 Å². The zero-order valence-electron chi connectivity index (χ0n) is 19.5. The average molecular weight is 455 g/mol. The molecule has 1 saturated carbocycles. The van der Waals surface area contributed by atoms with Gasteiger partial charge in [-0.3, -0.25) is 4.79 Å². The average Bonchev–Trinajstić information content (AvgIpc) is 3.22. The van der Waals surface area contributed by atoms with E-state index in [1.54, 1.807) is 11.0 Å². The molecular weight excluding hydrogens is 417 g/mol. The number of hydrogen-bond acceptors (Lipinski definition) is 3. The van der Waals surface area contributed by atoms with E-state index in [-0.39, 0.29) is 18.4 Å². The van der Waals surface area contributed by atoms with Gasteiger partial charge in [0.15, 0.2) is 0 Å². The number of nitrogens with one attached hydrogen (secondary N) is 1. The van der Waals surface area contributed by atoms with Crippen molar-refractivity contribution in [3.05, 3.63) is 34.9 Å². The molecule has 1 aliphatic carbocycles. The van der Waals surface area contributed by atoms with Gasteiger partial charge in [-0.25, -0.2) is 0 Å². The molecule has 0 spiro atoms. The van der Waals surface area contributed by atoms with E-state index in [9.17, 15) is 18.0 Å². The van der Waals surface area contributed by atoms with Crippen LogP contribution in [0.1, 0.15) is 69.6 Å². The lowest BCUT2D eigenvalue weighted by atomic mass is 9.95. The molecule has 4 rings (SSSR count). The van der Waals surface area contributed by atoms with E-state index in [1.807, 2.05) is 0 Å². The van der Waals surface area contributed by atoms with Gasteiger partial charge in [-0.05, 0) is 61.3 Å². The predicted octanol–water partition coefficient (Wildman–Crippen LogP) is 5.19. The number of halogens is 3. The van der Waals surface area contributed by atoms with Gasteiger partial charge >= 0.3 is 6.18 Å². The Morgan fingerprint density at radius 3 is 2.62 bits per heavy atom. The van der Waals surface area contributed by atoms with Crippen molar-refractivity contribution in [2.45, 2.75) is 84.1 Å². The Labute approximate surface area is 189 Å². The zero-order valence-corrected chi connectivity index (χ0v) is 19.5. The summed E-state index contributed by atoms with van der Waals surface area (Å²) in [7, 11) is 0.